The van der Waals surface area contributed by atoms with E-state index in [9.17, 15) is 9.90 Å². The number of carbonyl (C=O) groups excluding carboxylic acids is 1. The molecular weight excluding hydrogens is 296 g/mol. The Morgan fingerprint density at radius 3 is 2.94 bits per heavy atom. The van der Waals surface area contributed by atoms with Crippen molar-refractivity contribution in [3.05, 3.63) is 28.2 Å². The van der Waals surface area contributed by atoms with Crippen LogP contribution in [0.2, 0.25) is 0 Å². The number of nitrogens with zero attached hydrogens (tertiary/aromatic N) is 1. The lowest BCUT2D eigenvalue weighted by Crippen LogP contribution is -2.47. The number of piperidine rings is 1. The Bertz CT molecular complexity index is 451. The predicted octanol–water partition coefficient (Wildman–Crippen LogP) is 2.11. The van der Waals surface area contributed by atoms with E-state index in [0.717, 1.165) is 25.8 Å². The van der Waals surface area contributed by atoms with Crippen molar-refractivity contribution in [1.82, 2.24) is 4.90 Å². The molecule has 2 rings (SSSR count). The highest BCUT2D eigenvalue weighted by atomic mass is 79.9. The fourth-order valence-corrected chi connectivity index (χ4v) is 2.57. The van der Waals surface area contributed by atoms with Gasteiger partial charge in [-0.3, -0.25) is 4.79 Å². The average molecular weight is 313 g/mol. The zero-order valence-corrected chi connectivity index (χ0v) is 11.7. The largest absolute Gasteiger partial charge is 0.507 e. The lowest BCUT2D eigenvalue weighted by Gasteiger charge is -2.35. The van der Waals surface area contributed by atoms with Gasteiger partial charge in [0, 0.05) is 24.7 Å². The molecule has 0 spiro atoms. The van der Waals surface area contributed by atoms with Crippen molar-refractivity contribution in [3.8, 4) is 5.75 Å². The minimum Gasteiger partial charge on any atom is -0.507 e. The maximum absolute atomic E-state index is 12.4. The van der Waals surface area contributed by atoms with Crippen LogP contribution >= 0.6 is 15.9 Å². The number of likely N-dealkylation sites (tertiary alicyclic amines) is 1. The summed E-state index contributed by atoms with van der Waals surface area (Å²) >= 11 is 3.21. The summed E-state index contributed by atoms with van der Waals surface area (Å²) in [5.74, 6) is 0.0371. The number of rotatable bonds is 2. The molecule has 18 heavy (non-hydrogen) atoms. The summed E-state index contributed by atoms with van der Waals surface area (Å²) in [6, 6.07) is 5.02. The van der Waals surface area contributed by atoms with E-state index >= 15 is 0 Å². The van der Waals surface area contributed by atoms with Gasteiger partial charge in [-0.2, -0.15) is 0 Å². The van der Waals surface area contributed by atoms with Crippen molar-refractivity contribution in [2.24, 2.45) is 5.73 Å². The molecule has 0 aromatic heterocycles. The van der Waals surface area contributed by atoms with Crippen LogP contribution in [0, 0.1) is 0 Å². The number of aromatic hydroxyl groups is 1. The van der Waals surface area contributed by atoms with Crippen molar-refractivity contribution in [1.29, 1.82) is 0 Å². The molecule has 98 valence electrons. The monoisotopic (exact) mass is 312 g/mol. The van der Waals surface area contributed by atoms with Gasteiger partial charge in [0.2, 0.25) is 0 Å². The van der Waals surface area contributed by atoms with Gasteiger partial charge in [0.05, 0.1) is 4.47 Å². The zero-order valence-electron chi connectivity index (χ0n) is 10.1. The molecule has 1 aliphatic heterocycles. The van der Waals surface area contributed by atoms with Crippen LogP contribution < -0.4 is 5.73 Å². The highest BCUT2D eigenvalue weighted by Crippen LogP contribution is 2.26. The lowest BCUT2D eigenvalue weighted by atomic mass is 10.0. The summed E-state index contributed by atoms with van der Waals surface area (Å²) in [5, 5.41) is 9.63. The molecule has 1 aromatic rings. The van der Waals surface area contributed by atoms with Gasteiger partial charge in [0.15, 0.2) is 0 Å². The summed E-state index contributed by atoms with van der Waals surface area (Å²) < 4.78 is 0.591. The number of hydrogen-bond acceptors (Lipinski definition) is 3. The van der Waals surface area contributed by atoms with Crippen LogP contribution in [-0.4, -0.2) is 35.0 Å². The second-order valence-corrected chi connectivity index (χ2v) is 5.40. The molecule has 5 heteroatoms. The Labute approximate surface area is 115 Å². The maximum Gasteiger partial charge on any atom is 0.254 e. The van der Waals surface area contributed by atoms with Crippen molar-refractivity contribution in [2.45, 2.75) is 25.3 Å². The highest BCUT2D eigenvalue weighted by Gasteiger charge is 2.26. The first kappa shape index (κ1) is 13.4. The number of nitrogens with two attached hydrogens (primary N) is 1. The molecule has 0 saturated carbocycles. The Kier molecular flexibility index (Phi) is 4.24. The van der Waals surface area contributed by atoms with E-state index in [0.29, 0.717) is 16.6 Å². The van der Waals surface area contributed by atoms with E-state index in [2.05, 4.69) is 15.9 Å². The topological polar surface area (TPSA) is 66.6 Å². The van der Waals surface area contributed by atoms with Crippen molar-refractivity contribution >= 4 is 21.8 Å². The average Bonchev–Trinajstić information content (AvgIpc) is 2.41. The van der Waals surface area contributed by atoms with E-state index in [-0.39, 0.29) is 17.7 Å². The molecule has 1 atom stereocenters. The summed E-state index contributed by atoms with van der Waals surface area (Å²) in [6.07, 6.45) is 3.10. The maximum atomic E-state index is 12.4. The predicted molar refractivity (Wildman–Crippen MR) is 73.5 cm³/mol. The summed E-state index contributed by atoms with van der Waals surface area (Å²) in [6.45, 7) is 1.24. The van der Waals surface area contributed by atoms with Crippen LogP contribution in [0.15, 0.2) is 22.7 Å². The molecule has 1 heterocycles. The third-order valence-corrected chi connectivity index (χ3v) is 4.02. The normalized spacial score (nSPS) is 19.9. The number of benzene rings is 1. The second kappa shape index (κ2) is 5.71. The van der Waals surface area contributed by atoms with Crippen molar-refractivity contribution < 1.29 is 9.90 Å². The first-order valence-electron chi connectivity index (χ1n) is 6.13. The standard InChI is InChI=1S/C13H17BrN2O2/c14-11-5-4-9(7-12(11)17)13(18)16-6-2-1-3-10(16)8-15/h4-5,7,10,17H,1-3,6,8,15H2. The van der Waals surface area contributed by atoms with Gasteiger partial charge in [0.1, 0.15) is 5.75 Å². The third-order valence-electron chi connectivity index (χ3n) is 3.35. The SMILES string of the molecule is NCC1CCCCN1C(=O)c1ccc(Br)c(O)c1. The summed E-state index contributed by atoms with van der Waals surface area (Å²) in [4.78, 5) is 14.2. The molecule has 3 N–H and O–H groups in total. The molecule has 1 aliphatic rings. The van der Waals surface area contributed by atoms with Gasteiger partial charge < -0.3 is 15.7 Å². The molecule has 4 nitrogen and oxygen atoms in total. The molecule has 0 radical (unpaired) electrons. The minimum absolute atomic E-state index is 0.0482. The second-order valence-electron chi connectivity index (χ2n) is 4.55. The van der Waals surface area contributed by atoms with Gasteiger partial charge >= 0.3 is 0 Å². The number of amides is 1. The molecule has 1 fully saturated rings. The third kappa shape index (κ3) is 2.67. The number of halogens is 1. The first-order valence-corrected chi connectivity index (χ1v) is 6.92. The van der Waals surface area contributed by atoms with E-state index < -0.39 is 0 Å². The van der Waals surface area contributed by atoms with Crippen LogP contribution in [0.3, 0.4) is 0 Å². The number of carbonyl (C=O) groups is 1. The van der Waals surface area contributed by atoms with Crippen LogP contribution in [0.1, 0.15) is 29.6 Å². The van der Waals surface area contributed by atoms with Gasteiger partial charge in [-0.1, -0.05) is 0 Å². The van der Waals surface area contributed by atoms with Crippen LogP contribution in [0.5, 0.6) is 5.75 Å². The Balaban J connectivity index is 2.21. The molecule has 0 aliphatic carbocycles. The highest BCUT2D eigenvalue weighted by molar-refractivity contribution is 9.10. The number of phenolic OH excluding ortho intramolecular Hbond substituents is 1. The first-order chi connectivity index (χ1) is 8.63. The quantitative estimate of drug-likeness (QED) is 0.879. The molecule has 0 bridgehead atoms. The van der Waals surface area contributed by atoms with E-state index in [1.165, 1.54) is 6.07 Å². The summed E-state index contributed by atoms with van der Waals surface area (Å²) in [7, 11) is 0. The fraction of sp³-hybridized carbons (Fsp3) is 0.462. The van der Waals surface area contributed by atoms with E-state index in [1.54, 1.807) is 12.1 Å². The number of phenols is 1. The lowest BCUT2D eigenvalue weighted by molar-refractivity contribution is 0.0623. The number of hydrogen-bond donors (Lipinski definition) is 2. The van der Waals surface area contributed by atoms with Crippen LogP contribution in [0.4, 0.5) is 0 Å². The van der Waals surface area contributed by atoms with Crippen molar-refractivity contribution in [2.75, 3.05) is 13.1 Å². The van der Waals surface area contributed by atoms with Gasteiger partial charge in [-0.25, -0.2) is 0 Å². The van der Waals surface area contributed by atoms with Gasteiger partial charge in [-0.15, -0.1) is 0 Å². The molecule has 1 aromatic carbocycles. The van der Waals surface area contributed by atoms with E-state index in [1.807, 2.05) is 4.90 Å². The Morgan fingerprint density at radius 2 is 2.28 bits per heavy atom. The molecule has 1 saturated heterocycles. The Morgan fingerprint density at radius 1 is 1.50 bits per heavy atom. The minimum atomic E-state index is -0.0482. The van der Waals surface area contributed by atoms with E-state index in [4.69, 9.17) is 5.73 Å². The van der Waals surface area contributed by atoms with Crippen LogP contribution in [-0.2, 0) is 0 Å². The van der Waals surface area contributed by atoms with Crippen molar-refractivity contribution in [3.63, 3.8) is 0 Å². The van der Waals surface area contributed by atoms with Crippen LogP contribution in [0.25, 0.3) is 0 Å². The Hall–Kier alpha value is -1.07. The molecule has 1 unspecified atom stereocenters. The smallest absolute Gasteiger partial charge is 0.254 e. The fourth-order valence-electron chi connectivity index (χ4n) is 2.32. The molecule has 1 amide bonds. The van der Waals surface area contributed by atoms with Gasteiger partial charge in [0.25, 0.3) is 5.91 Å². The van der Waals surface area contributed by atoms with Gasteiger partial charge in [-0.05, 0) is 53.4 Å². The zero-order chi connectivity index (χ0) is 13.1. The molecular formula is C13H17BrN2O2. The summed E-state index contributed by atoms with van der Waals surface area (Å²) in [5.41, 5.74) is 6.22.